The second-order valence-corrected chi connectivity index (χ2v) is 5.15. The van der Waals surface area contributed by atoms with E-state index in [2.05, 4.69) is 0 Å². The fourth-order valence-corrected chi connectivity index (χ4v) is 1.79. The fraction of sp³-hybridized carbons (Fsp3) is 0.308. The van der Waals surface area contributed by atoms with Crippen LogP contribution in [0.5, 0.6) is 5.75 Å². The fourth-order valence-electron chi connectivity index (χ4n) is 1.23. The molecule has 0 fully saturated rings. The standard InChI is InChI=1S/C13H13Cl2NO4/c1-7(2)6-19-13(18)20-12-9(14)3-8(4-10(12)15)11(17)5-16/h3-5,7,16H,6H2,1-2H3. The van der Waals surface area contributed by atoms with Gasteiger partial charge in [0.25, 0.3) is 0 Å². The average Bonchev–Trinajstić information content (AvgIpc) is 2.39. The van der Waals surface area contributed by atoms with Crippen molar-refractivity contribution in [3.63, 3.8) is 0 Å². The molecule has 0 spiro atoms. The van der Waals surface area contributed by atoms with Crippen LogP contribution in [0.1, 0.15) is 24.2 Å². The van der Waals surface area contributed by atoms with Crippen molar-refractivity contribution in [3.8, 4) is 5.75 Å². The van der Waals surface area contributed by atoms with E-state index >= 15 is 0 Å². The minimum atomic E-state index is -0.923. The van der Waals surface area contributed by atoms with Gasteiger partial charge in [0.05, 0.1) is 22.9 Å². The number of carbonyl (C=O) groups is 2. The van der Waals surface area contributed by atoms with Crippen molar-refractivity contribution < 1.29 is 19.1 Å². The van der Waals surface area contributed by atoms with Crippen LogP contribution >= 0.6 is 23.2 Å². The van der Waals surface area contributed by atoms with Crippen LogP contribution in [0.2, 0.25) is 10.0 Å². The van der Waals surface area contributed by atoms with Gasteiger partial charge in [0.1, 0.15) is 0 Å². The van der Waals surface area contributed by atoms with Gasteiger partial charge in [-0.15, -0.1) is 0 Å². The van der Waals surface area contributed by atoms with Gasteiger partial charge >= 0.3 is 6.16 Å². The molecule has 0 bridgehead atoms. The van der Waals surface area contributed by atoms with Crippen LogP contribution in [0.25, 0.3) is 0 Å². The van der Waals surface area contributed by atoms with E-state index in [1.807, 2.05) is 13.8 Å². The summed E-state index contributed by atoms with van der Waals surface area (Å²) >= 11 is 11.8. The molecule has 0 saturated heterocycles. The van der Waals surface area contributed by atoms with E-state index in [0.29, 0.717) is 6.21 Å². The van der Waals surface area contributed by atoms with Gasteiger partial charge in [-0.3, -0.25) is 4.79 Å². The lowest BCUT2D eigenvalue weighted by atomic mass is 10.1. The lowest BCUT2D eigenvalue weighted by Gasteiger charge is -2.10. The predicted octanol–water partition coefficient (Wildman–Crippen LogP) is 4.00. The molecule has 20 heavy (non-hydrogen) atoms. The summed E-state index contributed by atoms with van der Waals surface area (Å²) in [6.45, 7) is 3.97. The molecule has 0 unspecified atom stereocenters. The Hall–Kier alpha value is -1.59. The summed E-state index contributed by atoms with van der Waals surface area (Å²) in [5, 5.41) is 6.86. The van der Waals surface area contributed by atoms with Gasteiger partial charge in [-0.25, -0.2) is 4.79 Å². The van der Waals surface area contributed by atoms with Crippen LogP contribution in [0, 0.1) is 11.3 Å². The number of halogens is 2. The normalized spacial score (nSPS) is 10.2. The molecule has 0 aliphatic rings. The van der Waals surface area contributed by atoms with Crippen LogP contribution in [0.3, 0.4) is 0 Å². The topological polar surface area (TPSA) is 76.5 Å². The molecule has 0 aliphatic heterocycles. The van der Waals surface area contributed by atoms with Crippen LogP contribution in [0.15, 0.2) is 12.1 Å². The van der Waals surface area contributed by atoms with E-state index in [-0.39, 0.29) is 33.9 Å². The smallest absolute Gasteiger partial charge is 0.434 e. The molecular formula is C13H13Cl2NO4. The van der Waals surface area contributed by atoms with Crippen LogP contribution < -0.4 is 4.74 Å². The molecule has 108 valence electrons. The minimum absolute atomic E-state index is 0.0100. The Bertz CT molecular complexity index is 520. The zero-order valence-electron chi connectivity index (χ0n) is 10.9. The second kappa shape index (κ2) is 7.26. The monoisotopic (exact) mass is 317 g/mol. The van der Waals surface area contributed by atoms with Gasteiger partial charge in [0.2, 0.25) is 5.78 Å². The number of carbonyl (C=O) groups excluding carboxylic acids is 2. The zero-order chi connectivity index (χ0) is 15.3. The third-order valence-electron chi connectivity index (χ3n) is 2.13. The van der Waals surface area contributed by atoms with Crippen LogP contribution in [0.4, 0.5) is 4.79 Å². The van der Waals surface area contributed by atoms with E-state index in [4.69, 9.17) is 38.1 Å². The molecule has 0 heterocycles. The molecule has 1 N–H and O–H groups in total. The molecule has 5 nitrogen and oxygen atoms in total. The first-order valence-electron chi connectivity index (χ1n) is 5.73. The Labute approximate surface area is 126 Å². The summed E-state index contributed by atoms with van der Waals surface area (Å²) in [5.41, 5.74) is 0.137. The molecule has 0 aromatic heterocycles. The number of hydrogen-bond donors (Lipinski definition) is 1. The largest absolute Gasteiger partial charge is 0.513 e. The number of rotatable bonds is 5. The third-order valence-corrected chi connectivity index (χ3v) is 2.70. The lowest BCUT2D eigenvalue weighted by molar-refractivity contribution is 0.0886. The predicted molar refractivity (Wildman–Crippen MR) is 76.4 cm³/mol. The highest BCUT2D eigenvalue weighted by Gasteiger charge is 2.17. The number of ketones is 1. The maximum absolute atomic E-state index is 11.4. The van der Waals surface area contributed by atoms with Crippen molar-refractivity contribution in [2.24, 2.45) is 5.92 Å². The summed E-state index contributed by atoms with van der Waals surface area (Å²) in [6.07, 6.45) is -0.284. The Morgan fingerprint density at radius 1 is 1.30 bits per heavy atom. The maximum atomic E-state index is 11.4. The molecule has 0 saturated carbocycles. The summed E-state index contributed by atoms with van der Waals surface area (Å²) in [5.74, 6) is -0.465. The number of nitrogens with one attached hydrogen (secondary N) is 1. The number of benzene rings is 1. The first-order chi connectivity index (χ1) is 9.35. The summed E-state index contributed by atoms with van der Waals surface area (Å²) in [6, 6.07) is 2.54. The van der Waals surface area contributed by atoms with E-state index in [0.717, 1.165) is 0 Å². The Balaban J connectivity index is 2.89. The average molecular weight is 318 g/mol. The van der Waals surface area contributed by atoms with Crippen molar-refractivity contribution in [1.29, 1.82) is 5.41 Å². The Kier molecular flexibility index (Phi) is 5.98. The van der Waals surface area contributed by atoms with Gasteiger partial charge in [0.15, 0.2) is 5.75 Å². The van der Waals surface area contributed by atoms with Crippen molar-refractivity contribution >= 4 is 41.4 Å². The van der Waals surface area contributed by atoms with E-state index < -0.39 is 11.9 Å². The highest BCUT2D eigenvalue weighted by atomic mass is 35.5. The van der Waals surface area contributed by atoms with Crippen molar-refractivity contribution in [2.45, 2.75) is 13.8 Å². The highest BCUT2D eigenvalue weighted by Crippen LogP contribution is 2.34. The number of hydrogen-bond acceptors (Lipinski definition) is 5. The van der Waals surface area contributed by atoms with Gasteiger partial charge in [-0.2, -0.15) is 0 Å². The molecule has 0 radical (unpaired) electrons. The first kappa shape index (κ1) is 16.5. The van der Waals surface area contributed by atoms with E-state index in [9.17, 15) is 9.59 Å². The Morgan fingerprint density at radius 3 is 2.30 bits per heavy atom. The van der Waals surface area contributed by atoms with Crippen LogP contribution in [-0.4, -0.2) is 24.8 Å². The summed E-state index contributed by atoms with van der Waals surface area (Å²) in [7, 11) is 0. The Morgan fingerprint density at radius 2 is 1.85 bits per heavy atom. The lowest BCUT2D eigenvalue weighted by Crippen LogP contribution is -2.14. The van der Waals surface area contributed by atoms with Gasteiger partial charge in [0, 0.05) is 5.56 Å². The molecular weight excluding hydrogens is 305 g/mol. The molecule has 7 heteroatoms. The first-order valence-corrected chi connectivity index (χ1v) is 6.49. The molecule has 1 rings (SSSR count). The number of Topliss-reactive ketones (excluding diaryl/α,β-unsaturated/α-hetero) is 1. The van der Waals surface area contributed by atoms with Crippen molar-refractivity contribution in [3.05, 3.63) is 27.7 Å². The zero-order valence-corrected chi connectivity index (χ0v) is 12.4. The van der Waals surface area contributed by atoms with Crippen LogP contribution in [-0.2, 0) is 4.74 Å². The maximum Gasteiger partial charge on any atom is 0.513 e. The van der Waals surface area contributed by atoms with E-state index in [1.54, 1.807) is 0 Å². The van der Waals surface area contributed by atoms with Crippen molar-refractivity contribution in [1.82, 2.24) is 0 Å². The summed E-state index contributed by atoms with van der Waals surface area (Å²) in [4.78, 5) is 22.8. The molecule has 1 aromatic carbocycles. The quantitative estimate of drug-likeness (QED) is 0.385. The summed E-state index contributed by atoms with van der Waals surface area (Å²) < 4.78 is 9.74. The molecule has 0 aliphatic carbocycles. The van der Waals surface area contributed by atoms with Gasteiger partial charge in [-0.05, 0) is 18.1 Å². The number of ether oxygens (including phenoxy) is 2. The second-order valence-electron chi connectivity index (χ2n) is 4.33. The molecule has 0 atom stereocenters. The van der Waals surface area contributed by atoms with Gasteiger partial charge < -0.3 is 14.9 Å². The SMILES string of the molecule is CC(C)COC(=O)Oc1c(Cl)cc(C(=O)C=N)cc1Cl. The molecule has 0 amide bonds. The van der Waals surface area contributed by atoms with E-state index in [1.165, 1.54) is 12.1 Å². The van der Waals surface area contributed by atoms with Crippen molar-refractivity contribution in [2.75, 3.05) is 6.61 Å². The minimum Gasteiger partial charge on any atom is -0.434 e. The highest BCUT2D eigenvalue weighted by molar-refractivity contribution is 6.40. The van der Waals surface area contributed by atoms with Gasteiger partial charge in [-0.1, -0.05) is 37.0 Å². The third kappa shape index (κ3) is 4.51. The molecule has 1 aromatic rings.